The molecule has 0 spiro atoms. The van der Waals surface area contributed by atoms with Gasteiger partial charge < -0.3 is 10.3 Å². The Labute approximate surface area is 143 Å². The summed E-state index contributed by atoms with van der Waals surface area (Å²) >= 11 is 0. The molecule has 0 radical (unpaired) electrons. The van der Waals surface area contributed by atoms with Gasteiger partial charge in [-0.25, -0.2) is 13.4 Å². The van der Waals surface area contributed by atoms with Gasteiger partial charge in [0, 0.05) is 11.4 Å². The van der Waals surface area contributed by atoms with E-state index in [9.17, 15) is 13.0 Å². The molecule has 102 valence electrons. The fraction of sp³-hybridized carbons (Fsp3) is 0. The fourth-order valence-corrected chi connectivity index (χ4v) is 2.48. The summed E-state index contributed by atoms with van der Waals surface area (Å²) in [7, 11) is -4.47. The number of hydrogen-bond donors (Lipinski definition) is 1. The molecule has 0 aliphatic carbocycles. The first kappa shape index (κ1) is 16.0. The molecule has 1 heterocycles. The van der Waals surface area contributed by atoms with Crippen LogP contribution < -0.4 is 35.3 Å². The normalized spacial score (nSPS) is 11.3. The number of aromatic nitrogens is 2. The van der Waals surface area contributed by atoms with Crippen LogP contribution in [0.1, 0.15) is 0 Å². The summed E-state index contributed by atoms with van der Waals surface area (Å²) in [5.41, 5.74) is 8.29. The first-order chi connectivity index (χ1) is 9.45. The summed E-state index contributed by atoms with van der Waals surface area (Å²) in [5, 5.41) is 0. The van der Waals surface area contributed by atoms with Crippen LogP contribution in [0.3, 0.4) is 0 Å². The van der Waals surface area contributed by atoms with E-state index in [-0.39, 0.29) is 34.5 Å². The van der Waals surface area contributed by atoms with Crippen molar-refractivity contribution in [3.05, 3.63) is 48.8 Å². The van der Waals surface area contributed by atoms with Crippen molar-refractivity contribution in [2.24, 2.45) is 0 Å². The average Bonchev–Trinajstić information content (AvgIpc) is 2.81. The second-order valence-electron chi connectivity index (χ2n) is 4.31. The number of imidazole rings is 1. The molecule has 0 amide bonds. The molecular formula is C13H10N3NaO3S. The molecule has 21 heavy (non-hydrogen) atoms. The molecule has 0 atom stereocenters. The van der Waals surface area contributed by atoms with Crippen molar-refractivity contribution in [2.75, 3.05) is 5.73 Å². The number of anilines is 1. The van der Waals surface area contributed by atoms with Crippen LogP contribution in [-0.4, -0.2) is 22.5 Å². The summed E-state index contributed by atoms with van der Waals surface area (Å²) < 4.78 is 34.7. The molecule has 0 bridgehead atoms. The number of hydrogen-bond acceptors (Lipinski definition) is 5. The van der Waals surface area contributed by atoms with E-state index in [2.05, 4.69) is 4.98 Å². The second kappa shape index (κ2) is 5.78. The average molecular weight is 311 g/mol. The van der Waals surface area contributed by atoms with Crippen molar-refractivity contribution in [1.82, 2.24) is 9.55 Å². The maximum Gasteiger partial charge on any atom is 1.00 e. The van der Waals surface area contributed by atoms with Crippen LogP contribution in [-0.2, 0) is 10.1 Å². The van der Waals surface area contributed by atoms with E-state index in [1.807, 2.05) is 12.1 Å². The van der Waals surface area contributed by atoms with Crippen molar-refractivity contribution < 1.29 is 42.5 Å². The molecule has 3 rings (SSSR count). The number of nitrogen functional groups attached to an aromatic ring is 1. The Kier molecular flexibility index (Phi) is 4.40. The van der Waals surface area contributed by atoms with Crippen molar-refractivity contribution in [3.8, 4) is 5.69 Å². The molecule has 2 N–H and O–H groups in total. The molecule has 0 saturated carbocycles. The zero-order valence-corrected chi connectivity index (χ0v) is 14.0. The minimum absolute atomic E-state index is 0. The molecule has 1 aromatic heterocycles. The first-order valence-corrected chi connectivity index (χ1v) is 7.15. The number of fused-ring (bicyclic) bond motifs is 1. The fourth-order valence-electron chi connectivity index (χ4n) is 1.99. The van der Waals surface area contributed by atoms with Gasteiger partial charge in [0.05, 0.1) is 15.9 Å². The maximum absolute atomic E-state index is 11.0. The molecule has 0 fully saturated rings. The van der Waals surface area contributed by atoms with Gasteiger partial charge in [-0.15, -0.1) is 0 Å². The summed E-state index contributed by atoms with van der Waals surface area (Å²) in [5.74, 6) is 0. The van der Waals surface area contributed by atoms with E-state index in [4.69, 9.17) is 5.73 Å². The van der Waals surface area contributed by atoms with Gasteiger partial charge in [-0.2, -0.15) is 0 Å². The number of rotatable bonds is 2. The number of nitrogens with zero attached hydrogens (tertiary/aromatic N) is 2. The van der Waals surface area contributed by atoms with E-state index in [1.54, 1.807) is 29.1 Å². The van der Waals surface area contributed by atoms with E-state index in [0.717, 1.165) is 5.69 Å². The van der Waals surface area contributed by atoms with Gasteiger partial charge in [0.2, 0.25) is 0 Å². The minimum atomic E-state index is -4.47. The van der Waals surface area contributed by atoms with Gasteiger partial charge in [-0.3, -0.25) is 4.57 Å². The van der Waals surface area contributed by atoms with Gasteiger partial charge in [0.25, 0.3) is 0 Å². The van der Waals surface area contributed by atoms with Crippen molar-refractivity contribution in [2.45, 2.75) is 4.90 Å². The van der Waals surface area contributed by atoms with Crippen LogP contribution in [0.5, 0.6) is 0 Å². The minimum Gasteiger partial charge on any atom is -0.744 e. The molecule has 2 aromatic carbocycles. The van der Waals surface area contributed by atoms with Crippen molar-refractivity contribution in [3.63, 3.8) is 0 Å². The SMILES string of the molecule is Nc1ccc(-n2cnc3cc(S(=O)(=O)[O-])ccc32)cc1.[Na+]. The molecular weight excluding hydrogens is 301 g/mol. The Balaban J connectivity index is 0.00000161. The predicted molar refractivity (Wildman–Crippen MR) is 73.4 cm³/mol. The molecule has 0 aliphatic rings. The molecule has 0 aliphatic heterocycles. The monoisotopic (exact) mass is 311 g/mol. The van der Waals surface area contributed by atoms with Gasteiger partial charge in [-0.05, 0) is 42.5 Å². The van der Waals surface area contributed by atoms with E-state index in [1.165, 1.54) is 12.1 Å². The summed E-state index contributed by atoms with van der Waals surface area (Å²) in [6.07, 6.45) is 1.57. The molecule has 3 aromatic rings. The van der Waals surface area contributed by atoms with Crippen LogP contribution in [0.4, 0.5) is 5.69 Å². The second-order valence-corrected chi connectivity index (χ2v) is 5.69. The van der Waals surface area contributed by atoms with E-state index < -0.39 is 10.1 Å². The third-order valence-corrected chi connectivity index (χ3v) is 3.81. The van der Waals surface area contributed by atoms with Gasteiger partial charge >= 0.3 is 29.6 Å². The largest absolute Gasteiger partial charge is 1.00 e. The Morgan fingerprint density at radius 3 is 2.38 bits per heavy atom. The summed E-state index contributed by atoms with van der Waals surface area (Å²) in [6, 6.07) is 11.3. The van der Waals surface area contributed by atoms with Gasteiger partial charge in [0.1, 0.15) is 16.4 Å². The first-order valence-electron chi connectivity index (χ1n) is 5.74. The maximum atomic E-state index is 11.0. The van der Waals surface area contributed by atoms with Crippen LogP contribution in [0.2, 0.25) is 0 Å². The van der Waals surface area contributed by atoms with Gasteiger partial charge in [0.15, 0.2) is 0 Å². The summed E-state index contributed by atoms with van der Waals surface area (Å²) in [4.78, 5) is 3.84. The van der Waals surface area contributed by atoms with Crippen LogP contribution >= 0.6 is 0 Å². The Bertz CT molecular complexity index is 889. The smallest absolute Gasteiger partial charge is 0.744 e. The third-order valence-electron chi connectivity index (χ3n) is 2.98. The van der Waals surface area contributed by atoms with Crippen LogP contribution in [0.25, 0.3) is 16.7 Å². The van der Waals surface area contributed by atoms with Crippen molar-refractivity contribution in [1.29, 1.82) is 0 Å². The zero-order chi connectivity index (χ0) is 14.3. The van der Waals surface area contributed by atoms with Crippen LogP contribution in [0, 0.1) is 0 Å². The zero-order valence-electron chi connectivity index (χ0n) is 11.2. The third kappa shape index (κ3) is 3.12. The predicted octanol–water partition coefficient (Wildman–Crippen LogP) is -1.48. The molecule has 8 heteroatoms. The quantitative estimate of drug-likeness (QED) is 0.353. The topological polar surface area (TPSA) is 101 Å². The summed E-state index contributed by atoms with van der Waals surface area (Å²) in [6.45, 7) is 0. The Morgan fingerprint density at radius 2 is 1.76 bits per heavy atom. The molecule has 0 saturated heterocycles. The number of nitrogens with two attached hydrogens (primary N) is 1. The standard InChI is InChI=1S/C13H11N3O3S.Na/c14-9-1-3-10(4-2-9)16-8-15-12-7-11(20(17,18)19)5-6-13(12)16;/h1-8H,14H2,(H,17,18,19);/q;+1/p-1. The number of benzene rings is 2. The van der Waals surface area contributed by atoms with E-state index in [0.29, 0.717) is 16.7 Å². The molecule has 6 nitrogen and oxygen atoms in total. The van der Waals surface area contributed by atoms with Crippen LogP contribution in [0.15, 0.2) is 53.7 Å². The Hall–Kier alpha value is -1.38. The molecule has 0 unspecified atom stereocenters. The van der Waals surface area contributed by atoms with Gasteiger partial charge in [-0.1, -0.05) is 0 Å². The van der Waals surface area contributed by atoms with Crippen molar-refractivity contribution >= 4 is 26.8 Å². The Morgan fingerprint density at radius 1 is 1.10 bits per heavy atom. The van der Waals surface area contributed by atoms with E-state index >= 15 is 0 Å².